The van der Waals surface area contributed by atoms with Gasteiger partial charge in [0.15, 0.2) is 5.65 Å². The Hall–Kier alpha value is -2.29. The third-order valence-electron chi connectivity index (χ3n) is 3.94. The molecular formula is C14H16N6. The fraction of sp³-hybridized carbons (Fsp3) is 0.500. The van der Waals surface area contributed by atoms with Crippen molar-refractivity contribution in [3.63, 3.8) is 0 Å². The molecule has 0 amide bonds. The molecule has 1 N–H and O–H groups in total. The molecule has 2 aromatic heterocycles. The van der Waals surface area contributed by atoms with Crippen LogP contribution in [-0.2, 0) is 0 Å². The number of aromatic nitrogens is 3. The largest absolute Gasteiger partial charge is 0.367 e. The molecule has 1 saturated heterocycles. The van der Waals surface area contributed by atoms with Gasteiger partial charge in [0.25, 0.3) is 0 Å². The van der Waals surface area contributed by atoms with Crippen molar-refractivity contribution in [3.8, 4) is 6.07 Å². The molecule has 0 atom stereocenters. The van der Waals surface area contributed by atoms with E-state index in [1.54, 1.807) is 10.7 Å². The average Bonchev–Trinajstić information content (AvgIpc) is 2.97. The summed E-state index contributed by atoms with van der Waals surface area (Å²) in [6, 6.07) is 4.78. The Kier molecular flexibility index (Phi) is 2.52. The van der Waals surface area contributed by atoms with Gasteiger partial charge in [-0.15, -0.1) is 0 Å². The van der Waals surface area contributed by atoms with Gasteiger partial charge in [-0.1, -0.05) is 0 Å². The molecule has 2 aromatic rings. The summed E-state index contributed by atoms with van der Waals surface area (Å²) >= 11 is 0. The zero-order valence-electron chi connectivity index (χ0n) is 11.2. The Balaban J connectivity index is 1.84. The standard InChI is InChI=1S/C14H16N6/c15-8-10-9-16-20-13(17-11-3-4-11)7-12(18-14(10)20)19-5-1-2-6-19/h7,9,11,17H,1-6H2. The van der Waals surface area contributed by atoms with Gasteiger partial charge in [-0.3, -0.25) is 0 Å². The second-order valence-electron chi connectivity index (χ2n) is 5.52. The summed E-state index contributed by atoms with van der Waals surface area (Å²) in [4.78, 5) is 6.92. The van der Waals surface area contributed by atoms with E-state index in [-0.39, 0.29) is 0 Å². The number of anilines is 2. The van der Waals surface area contributed by atoms with Crippen molar-refractivity contribution in [2.24, 2.45) is 0 Å². The maximum absolute atomic E-state index is 9.19. The van der Waals surface area contributed by atoms with Gasteiger partial charge in [-0.05, 0) is 25.7 Å². The van der Waals surface area contributed by atoms with Gasteiger partial charge >= 0.3 is 0 Å². The van der Waals surface area contributed by atoms with Crippen LogP contribution >= 0.6 is 0 Å². The van der Waals surface area contributed by atoms with Crippen LogP contribution in [0.4, 0.5) is 11.6 Å². The molecule has 1 saturated carbocycles. The summed E-state index contributed by atoms with van der Waals surface area (Å²) in [7, 11) is 0. The zero-order valence-corrected chi connectivity index (χ0v) is 11.2. The monoisotopic (exact) mass is 268 g/mol. The van der Waals surface area contributed by atoms with Crippen molar-refractivity contribution in [1.82, 2.24) is 14.6 Å². The van der Waals surface area contributed by atoms with E-state index in [9.17, 15) is 5.26 Å². The lowest BCUT2D eigenvalue weighted by Gasteiger charge is -2.18. The highest BCUT2D eigenvalue weighted by atomic mass is 15.3. The van der Waals surface area contributed by atoms with Crippen molar-refractivity contribution < 1.29 is 0 Å². The van der Waals surface area contributed by atoms with E-state index in [1.165, 1.54) is 25.7 Å². The van der Waals surface area contributed by atoms with Crippen molar-refractivity contribution in [3.05, 3.63) is 17.8 Å². The topological polar surface area (TPSA) is 69.2 Å². The highest BCUT2D eigenvalue weighted by Gasteiger charge is 2.24. The molecule has 20 heavy (non-hydrogen) atoms. The predicted octanol–water partition coefficient (Wildman–Crippen LogP) is 1.78. The van der Waals surface area contributed by atoms with Crippen molar-refractivity contribution >= 4 is 17.3 Å². The summed E-state index contributed by atoms with van der Waals surface area (Å²) in [6.45, 7) is 2.09. The minimum atomic E-state index is 0.532. The maximum Gasteiger partial charge on any atom is 0.177 e. The minimum Gasteiger partial charge on any atom is -0.367 e. The first kappa shape index (κ1) is 11.5. The highest BCUT2D eigenvalue weighted by molar-refractivity contribution is 5.64. The van der Waals surface area contributed by atoms with Crippen LogP contribution in [0.15, 0.2) is 12.3 Å². The van der Waals surface area contributed by atoms with Crippen LogP contribution in [0, 0.1) is 11.3 Å². The quantitative estimate of drug-likeness (QED) is 0.918. The van der Waals surface area contributed by atoms with Crippen molar-refractivity contribution in [1.29, 1.82) is 5.26 Å². The van der Waals surface area contributed by atoms with E-state index in [0.717, 1.165) is 24.7 Å². The smallest absolute Gasteiger partial charge is 0.177 e. The second kappa shape index (κ2) is 4.37. The normalized spacial score (nSPS) is 18.4. The fourth-order valence-electron chi connectivity index (χ4n) is 2.68. The van der Waals surface area contributed by atoms with E-state index in [1.807, 2.05) is 0 Å². The van der Waals surface area contributed by atoms with Crippen LogP contribution in [0.1, 0.15) is 31.2 Å². The molecule has 1 aliphatic heterocycles. The van der Waals surface area contributed by atoms with Gasteiger partial charge in [0.1, 0.15) is 23.3 Å². The fourth-order valence-corrected chi connectivity index (χ4v) is 2.68. The van der Waals surface area contributed by atoms with Crippen LogP contribution in [0.3, 0.4) is 0 Å². The van der Waals surface area contributed by atoms with E-state index >= 15 is 0 Å². The van der Waals surface area contributed by atoms with Crippen LogP contribution in [0.2, 0.25) is 0 Å². The Morgan fingerprint density at radius 1 is 1.30 bits per heavy atom. The van der Waals surface area contributed by atoms with Gasteiger partial charge in [0.05, 0.1) is 6.20 Å². The Bertz CT molecular complexity index is 687. The number of nitriles is 1. The molecule has 0 bridgehead atoms. The number of hydrogen-bond acceptors (Lipinski definition) is 5. The van der Waals surface area contributed by atoms with Crippen LogP contribution in [-0.4, -0.2) is 33.7 Å². The highest BCUT2D eigenvalue weighted by Crippen LogP contribution is 2.28. The van der Waals surface area contributed by atoms with Gasteiger partial charge in [0.2, 0.25) is 0 Å². The summed E-state index contributed by atoms with van der Waals surface area (Å²) in [5, 5.41) is 17.0. The third-order valence-corrected chi connectivity index (χ3v) is 3.94. The number of rotatable bonds is 3. The molecular weight excluding hydrogens is 252 g/mol. The number of nitrogens with zero attached hydrogens (tertiary/aromatic N) is 5. The van der Waals surface area contributed by atoms with E-state index in [4.69, 9.17) is 0 Å². The minimum absolute atomic E-state index is 0.532. The summed E-state index contributed by atoms with van der Waals surface area (Å²) in [5.74, 6) is 1.90. The molecule has 2 aliphatic rings. The van der Waals surface area contributed by atoms with Crippen molar-refractivity contribution in [2.75, 3.05) is 23.3 Å². The Labute approximate surface area is 117 Å². The van der Waals surface area contributed by atoms with Crippen molar-refractivity contribution in [2.45, 2.75) is 31.7 Å². The molecule has 1 aliphatic carbocycles. The predicted molar refractivity (Wildman–Crippen MR) is 75.8 cm³/mol. The van der Waals surface area contributed by atoms with E-state index < -0.39 is 0 Å². The van der Waals surface area contributed by atoms with Crippen LogP contribution in [0.5, 0.6) is 0 Å². The summed E-state index contributed by atoms with van der Waals surface area (Å²) in [6.07, 6.45) is 6.42. The van der Waals surface area contributed by atoms with Gasteiger partial charge < -0.3 is 10.2 Å². The summed E-state index contributed by atoms with van der Waals surface area (Å²) < 4.78 is 1.75. The molecule has 0 radical (unpaired) electrons. The first-order valence-corrected chi connectivity index (χ1v) is 7.15. The van der Waals surface area contributed by atoms with Gasteiger partial charge in [-0.25, -0.2) is 4.98 Å². The second-order valence-corrected chi connectivity index (χ2v) is 5.52. The lowest BCUT2D eigenvalue weighted by molar-refractivity contribution is 0.892. The van der Waals surface area contributed by atoms with E-state index in [0.29, 0.717) is 17.3 Å². The number of nitrogens with one attached hydrogen (secondary N) is 1. The van der Waals surface area contributed by atoms with Crippen LogP contribution < -0.4 is 10.2 Å². The molecule has 0 aromatic carbocycles. The lowest BCUT2D eigenvalue weighted by atomic mass is 10.3. The van der Waals surface area contributed by atoms with Crippen LogP contribution in [0.25, 0.3) is 5.65 Å². The third kappa shape index (κ3) is 1.86. The number of hydrogen-bond donors (Lipinski definition) is 1. The molecule has 0 unspecified atom stereocenters. The molecule has 102 valence electrons. The first-order chi connectivity index (χ1) is 9.85. The van der Waals surface area contributed by atoms with Gasteiger partial charge in [-0.2, -0.15) is 14.9 Å². The molecule has 2 fully saturated rings. The molecule has 0 spiro atoms. The zero-order chi connectivity index (χ0) is 13.5. The maximum atomic E-state index is 9.19. The van der Waals surface area contributed by atoms with Gasteiger partial charge in [0, 0.05) is 25.2 Å². The Morgan fingerprint density at radius 3 is 2.80 bits per heavy atom. The SMILES string of the molecule is N#Cc1cnn2c(NC3CC3)cc(N3CCCC3)nc12. The lowest BCUT2D eigenvalue weighted by Crippen LogP contribution is -2.20. The first-order valence-electron chi connectivity index (χ1n) is 7.15. The van der Waals surface area contributed by atoms with E-state index in [2.05, 4.69) is 32.4 Å². The summed E-state index contributed by atoms with van der Waals surface area (Å²) in [5.41, 5.74) is 1.19. The molecule has 3 heterocycles. The average molecular weight is 268 g/mol. The molecule has 6 heteroatoms. The number of fused-ring (bicyclic) bond motifs is 1. The Morgan fingerprint density at radius 2 is 2.10 bits per heavy atom. The molecule has 6 nitrogen and oxygen atoms in total. The molecule has 4 rings (SSSR count).